The van der Waals surface area contributed by atoms with E-state index in [0.29, 0.717) is 12.2 Å². The van der Waals surface area contributed by atoms with Crippen LogP contribution >= 0.6 is 0 Å². The zero-order valence-corrected chi connectivity index (χ0v) is 9.63. The Morgan fingerprint density at radius 2 is 2.07 bits per heavy atom. The highest BCUT2D eigenvalue weighted by Crippen LogP contribution is 2.24. The monoisotopic (exact) mass is 203 g/mol. The predicted molar refractivity (Wildman–Crippen MR) is 61.0 cm³/mol. The summed E-state index contributed by atoms with van der Waals surface area (Å²) in [5, 5.41) is 8.99. The first-order chi connectivity index (χ1) is 7.19. The fraction of sp³-hybridized carbons (Fsp3) is 0.462. The quantitative estimate of drug-likeness (QED) is 0.703. The highest BCUT2D eigenvalue weighted by atomic mass is 16.5. The fourth-order valence-electron chi connectivity index (χ4n) is 1.55. The zero-order chi connectivity index (χ0) is 11.3. The second-order valence-corrected chi connectivity index (χ2v) is 3.77. The number of rotatable bonds is 4. The Balaban J connectivity index is 2.90. The van der Waals surface area contributed by atoms with Gasteiger partial charge in [-0.3, -0.25) is 0 Å². The van der Waals surface area contributed by atoms with E-state index in [2.05, 4.69) is 13.0 Å². The Kier molecular flexibility index (Phi) is 4.17. The van der Waals surface area contributed by atoms with Gasteiger partial charge in [-0.2, -0.15) is 5.26 Å². The smallest absolute Gasteiger partial charge is 0.139 e. The summed E-state index contributed by atoms with van der Waals surface area (Å²) in [6, 6.07) is 6.09. The van der Waals surface area contributed by atoms with Crippen LogP contribution in [0.2, 0.25) is 0 Å². The van der Waals surface area contributed by atoms with Gasteiger partial charge in [-0.15, -0.1) is 0 Å². The Morgan fingerprint density at radius 1 is 1.33 bits per heavy atom. The molecule has 0 aliphatic carbocycles. The minimum Gasteiger partial charge on any atom is -0.492 e. The molecule has 0 atom stereocenters. The van der Waals surface area contributed by atoms with Crippen molar-refractivity contribution in [2.24, 2.45) is 0 Å². The molecule has 0 bridgehead atoms. The van der Waals surface area contributed by atoms with Crippen LogP contribution in [0.4, 0.5) is 0 Å². The number of aryl methyl sites for hydroxylation is 2. The van der Waals surface area contributed by atoms with Gasteiger partial charge in [0.25, 0.3) is 0 Å². The minimum absolute atomic E-state index is 0.642. The average molecular weight is 203 g/mol. The second-order valence-electron chi connectivity index (χ2n) is 3.77. The van der Waals surface area contributed by atoms with Gasteiger partial charge in [0, 0.05) is 0 Å². The number of nitriles is 1. The van der Waals surface area contributed by atoms with Crippen molar-refractivity contribution in [2.45, 2.75) is 33.6 Å². The molecular formula is C13H17NO. The predicted octanol–water partition coefficient (Wildman–Crippen LogP) is 3.35. The molecule has 15 heavy (non-hydrogen) atoms. The third-order valence-corrected chi connectivity index (χ3v) is 2.28. The summed E-state index contributed by atoms with van der Waals surface area (Å²) in [4.78, 5) is 0. The standard InChI is InChI=1S/C13H17NO/c1-4-5-6-15-13-11(3)7-10(2)8-12(13)9-14/h7-8H,4-6H2,1-3H3. The number of hydrogen-bond acceptors (Lipinski definition) is 2. The summed E-state index contributed by atoms with van der Waals surface area (Å²) in [7, 11) is 0. The number of ether oxygens (including phenoxy) is 1. The van der Waals surface area contributed by atoms with E-state index < -0.39 is 0 Å². The van der Waals surface area contributed by atoms with E-state index in [-0.39, 0.29) is 0 Å². The molecule has 0 spiro atoms. The number of benzene rings is 1. The summed E-state index contributed by atoms with van der Waals surface area (Å²) in [6.45, 7) is 6.78. The van der Waals surface area contributed by atoms with Crippen LogP contribution in [0.25, 0.3) is 0 Å². The number of nitrogens with zero attached hydrogens (tertiary/aromatic N) is 1. The van der Waals surface area contributed by atoms with Crippen LogP contribution < -0.4 is 4.74 Å². The lowest BCUT2D eigenvalue weighted by Gasteiger charge is -2.11. The molecule has 0 unspecified atom stereocenters. The van der Waals surface area contributed by atoms with Gasteiger partial charge in [-0.1, -0.05) is 19.4 Å². The van der Waals surface area contributed by atoms with Crippen LogP contribution in [0.5, 0.6) is 5.75 Å². The van der Waals surface area contributed by atoms with E-state index in [4.69, 9.17) is 10.00 Å². The molecule has 0 aromatic heterocycles. The Morgan fingerprint density at radius 3 is 2.67 bits per heavy atom. The van der Waals surface area contributed by atoms with E-state index in [1.807, 2.05) is 26.0 Å². The van der Waals surface area contributed by atoms with Crippen molar-refractivity contribution in [3.05, 3.63) is 28.8 Å². The molecule has 1 aromatic carbocycles. The molecule has 0 N–H and O–H groups in total. The van der Waals surface area contributed by atoms with Gasteiger partial charge in [0.2, 0.25) is 0 Å². The van der Waals surface area contributed by atoms with Crippen LogP contribution in [0, 0.1) is 25.2 Å². The minimum atomic E-state index is 0.642. The van der Waals surface area contributed by atoms with E-state index in [9.17, 15) is 0 Å². The van der Waals surface area contributed by atoms with Crippen molar-refractivity contribution >= 4 is 0 Å². The maximum atomic E-state index is 8.99. The third-order valence-electron chi connectivity index (χ3n) is 2.28. The highest BCUT2D eigenvalue weighted by Gasteiger charge is 2.07. The molecule has 0 heterocycles. The SMILES string of the molecule is CCCCOc1c(C)cc(C)cc1C#N. The van der Waals surface area contributed by atoms with Gasteiger partial charge >= 0.3 is 0 Å². The van der Waals surface area contributed by atoms with Gasteiger partial charge in [-0.25, -0.2) is 0 Å². The fourth-order valence-corrected chi connectivity index (χ4v) is 1.55. The van der Waals surface area contributed by atoms with E-state index in [1.54, 1.807) is 0 Å². The molecule has 0 saturated heterocycles. The molecule has 0 saturated carbocycles. The first-order valence-corrected chi connectivity index (χ1v) is 5.33. The zero-order valence-electron chi connectivity index (χ0n) is 9.63. The van der Waals surface area contributed by atoms with Crippen LogP contribution in [-0.2, 0) is 0 Å². The van der Waals surface area contributed by atoms with Gasteiger partial charge in [0.1, 0.15) is 11.8 Å². The molecule has 80 valence electrons. The number of unbranched alkanes of at least 4 members (excludes halogenated alkanes) is 1. The van der Waals surface area contributed by atoms with Crippen molar-refractivity contribution in [1.29, 1.82) is 5.26 Å². The molecule has 0 aliphatic rings. The molecule has 0 aliphatic heterocycles. The van der Waals surface area contributed by atoms with Gasteiger partial charge < -0.3 is 4.74 Å². The maximum absolute atomic E-state index is 8.99. The lowest BCUT2D eigenvalue weighted by molar-refractivity contribution is 0.306. The topological polar surface area (TPSA) is 33.0 Å². The normalized spacial score (nSPS) is 9.73. The van der Waals surface area contributed by atoms with Crippen molar-refractivity contribution in [2.75, 3.05) is 6.61 Å². The van der Waals surface area contributed by atoms with Crippen molar-refractivity contribution in [1.82, 2.24) is 0 Å². The Hall–Kier alpha value is -1.49. The van der Waals surface area contributed by atoms with Crippen molar-refractivity contribution in [3.63, 3.8) is 0 Å². The molecule has 0 fully saturated rings. The van der Waals surface area contributed by atoms with E-state index in [0.717, 1.165) is 29.7 Å². The molecule has 0 radical (unpaired) electrons. The Bertz CT molecular complexity index is 377. The molecule has 2 heteroatoms. The summed E-state index contributed by atoms with van der Waals surface area (Å²) in [5.74, 6) is 0.747. The van der Waals surface area contributed by atoms with E-state index >= 15 is 0 Å². The lowest BCUT2D eigenvalue weighted by atomic mass is 10.1. The first-order valence-electron chi connectivity index (χ1n) is 5.33. The van der Waals surface area contributed by atoms with Crippen LogP contribution in [0.15, 0.2) is 12.1 Å². The van der Waals surface area contributed by atoms with E-state index in [1.165, 1.54) is 0 Å². The summed E-state index contributed by atoms with van der Waals surface area (Å²) < 4.78 is 5.63. The van der Waals surface area contributed by atoms with Crippen molar-refractivity contribution in [3.8, 4) is 11.8 Å². The average Bonchev–Trinajstić information content (AvgIpc) is 2.20. The second kappa shape index (κ2) is 5.41. The largest absolute Gasteiger partial charge is 0.492 e. The first kappa shape index (κ1) is 11.6. The summed E-state index contributed by atoms with van der Waals surface area (Å²) in [5.41, 5.74) is 2.79. The molecule has 2 nitrogen and oxygen atoms in total. The molecule has 0 amide bonds. The maximum Gasteiger partial charge on any atom is 0.139 e. The summed E-state index contributed by atoms with van der Waals surface area (Å²) in [6.07, 6.45) is 2.13. The van der Waals surface area contributed by atoms with Crippen LogP contribution in [-0.4, -0.2) is 6.61 Å². The van der Waals surface area contributed by atoms with Gasteiger partial charge in [-0.05, 0) is 37.5 Å². The lowest BCUT2D eigenvalue weighted by Crippen LogP contribution is -2.00. The van der Waals surface area contributed by atoms with Crippen LogP contribution in [0.3, 0.4) is 0 Å². The van der Waals surface area contributed by atoms with Gasteiger partial charge in [0.05, 0.1) is 12.2 Å². The molecular weight excluding hydrogens is 186 g/mol. The Labute approximate surface area is 91.5 Å². The summed E-state index contributed by atoms with van der Waals surface area (Å²) >= 11 is 0. The molecule has 1 aromatic rings. The number of hydrogen-bond donors (Lipinski definition) is 0. The van der Waals surface area contributed by atoms with Crippen LogP contribution in [0.1, 0.15) is 36.5 Å². The highest BCUT2D eigenvalue weighted by molar-refractivity contribution is 5.50. The van der Waals surface area contributed by atoms with Crippen molar-refractivity contribution < 1.29 is 4.74 Å². The molecule has 1 rings (SSSR count). The third kappa shape index (κ3) is 2.99. The van der Waals surface area contributed by atoms with Gasteiger partial charge in [0.15, 0.2) is 0 Å².